The van der Waals surface area contributed by atoms with Crippen molar-refractivity contribution in [2.24, 2.45) is 0 Å². The fraction of sp³-hybridized carbons (Fsp3) is 0.389. The lowest BCUT2D eigenvalue weighted by Crippen LogP contribution is -2.44. The molecule has 0 radical (unpaired) electrons. The van der Waals surface area contributed by atoms with Crippen molar-refractivity contribution in [2.75, 3.05) is 13.2 Å². The molecular weight excluding hydrogens is 342 g/mol. The van der Waals surface area contributed by atoms with Crippen LogP contribution in [0.3, 0.4) is 0 Å². The Morgan fingerprint density at radius 2 is 2.08 bits per heavy atom. The van der Waals surface area contributed by atoms with Crippen molar-refractivity contribution < 1.29 is 14.3 Å². The number of hydrogen-bond acceptors (Lipinski definition) is 4. The Balaban J connectivity index is 1.58. The highest BCUT2D eigenvalue weighted by atomic mass is 35.5. The first-order valence-corrected chi connectivity index (χ1v) is 8.70. The van der Waals surface area contributed by atoms with Gasteiger partial charge >= 0.3 is 5.97 Å². The number of carbonyl (C=O) groups is 2. The zero-order valence-corrected chi connectivity index (χ0v) is 14.8. The van der Waals surface area contributed by atoms with E-state index in [2.05, 4.69) is 10.2 Å². The van der Waals surface area contributed by atoms with Crippen LogP contribution >= 0.6 is 11.6 Å². The van der Waals surface area contributed by atoms with Crippen molar-refractivity contribution in [2.45, 2.75) is 32.2 Å². The van der Waals surface area contributed by atoms with Gasteiger partial charge in [-0.05, 0) is 44.4 Å². The number of benzene rings is 1. The van der Waals surface area contributed by atoms with E-state index in [1.54, 1.807) is 23.1 Å². The van der Waals surface area contributed by atoms with Crippen LogP contribution in [0.1, 0.15) is 36.7 Å². The summed E-state index contributed by atoms with van der Waals surface area (Å²) in [6.45, 7) is 2.49. The summed E-state index contributed by atoms with van der Waals surface area (Å²) in [6, 6.07) is 8.93. The molecule has 6 nitrogen and oxygen atoms in total. The fourth-order valence-electron chi connectivity index (χ4n) is 2.95. The van der Waals surface area contributed by atoms with E-state index < -0.39 is 5.97 Å². The molecule has 1 fully saturated rings. The number of likely N-dealkylation sites (tertiary alicyclic amines) is 1. The average Bonchev–Trinajstić information content (AvgIpc) is 3.10. The van der Waals surface area contributed by atoms with Gasteiger partial charge in [0.05, 0.1) is 5.69 Å². The van der Waals surface area contributed by atoms with Crippen molar-refractivity contribution in [3.05, 3.63) is 41.0 Å². The zero-order valence-electron chi connectivity index (χ0n) is 14.0. The molecule has 3 rings (SSSR count). The summed E-state index contributed by atoms with van der Waals surface area (Å²) >= 11 is 5.86. The van der Waals surface area contributed by atoms with Crippen LogP contribution < -0.4 is 0 Å². The lowest BCUT2D eigenvalue weighted by Gasteiger charge is -2.33. The average molecular weight is 362 g/mol. The molecule has 0 aliphatic carbocycles. The van der Waals surface area contributed by atoms with Gasteiger partial charge in [-0.25, -0.2) is 4.79 Å². The summed E-state index contributed by atoms with van der Waals surface area (Å²) in [5, 5.41) is 7.38. The molecule has 1 N–H and O–H groups in total. The van der Waals surface area contributed by atoms with E-state index in [9.17, 15) is 9.59 Å². The van der Waals surface area contributed by atoms with Gasteiger partial charge in [-0.1, -0.05) is 23.7 Å². The second kappa shape index (κ2) is 7.70. The number of aromatic nitrogens is 2. The number of halogens is 1. The Morgan fingerprint density at radius 3 is 2.80 bits per heavy atom. The van der Waals surface area contributed by atoms with Gasteiger partial charge in [0.25, 0.3) is 5.91 Å². The van der Waals surface area contributed by atoms with Gasteiger partial charge in [0.1, 0.15) is 5.69 Å². The Hall–Kier alpha value is -2.34. The molecule has 7 heteroatoms. The topological polar surface area (TPSA) is 75.3 Å². The predicted molar refractivity (Wildman–Crippen MR) is 94.3 cm³/mol. The first kappa shape index (κ1) is 17.5. The molecule has 1 aromatic heterocycles. The van der Waals surface area contributed by atoms with Gasteiger partial charge in [-0.2, -0.15) is 5.10 Å². The minimum absolute atomic E-state index is 0.155. The first-order chi connectivity index (χ1) is 12.0. The minimum Gasteiger partial charge on any atom is -0.451 e. The number of amides is 1. The first-order valence-electron chi connectivity index (χ1n) is 8.32. The molecular formula is C18H20ClN3O3. The number of nitrogens with zero attached hydrogens (tertiary/aromatic N) is 2. The lowest BCUT2D eigenvalue weighted by atomic mass is 10.0. The summed E-state index contributed by atoms with van der Waals surface area (Å²) in [7, 11) is 0. The minimum atomic E-state index is -0.592. The number of H-pyrrole nitrogens is 1. The normalized spacial score (nSPS) is 17.4. The van der Waals surface area contributed by atoms with Crippen LogP contribution in [-0.4, -0.2) is 46.2 Å². The van der Waals surface area contributed by atoms with Crippen molar-refractivity contribution >= 4 is 23.5 Å². The van der Waals surface area contributed by atoms with E-state index in [0.29, 0.717) is 10.7 Å². The summed E-state index contributed by atoms with van der Waals surface area (Å²) in [6.07, 6.45) is 3.12. The Morgan fingerprint density at radius 1 is 1.32 bits per heavy atom. The molecule has 0 spiro atoms. The highest BCUT2D eigenvalue weighted by Gasteiger charge is 2.24. The monoisotopic (exact) mass is 361 g/mol. The third-order valence-corrected chi connectivity index (χ3v) is 4.64. The second-order valence-corrected chi connectivity index (χ2v) is 6.62. The molecule has 0 saturated carbocycles. The van der Waals surface area contributed by atoms with Gasteiger partial charge in [0, 0.05) is 23.2 Å². The number of piperidine rings is 1. The second-order valence-electron chi connectivity index (χ2n) is 6.18. The molecule has 1 saturated heterocycles. The van der Waals surface area contributed by atoms with Crippen LogP contribution in [0, 0.1) is 0 Å². The number of esters is 1. The van der Waals surface area contributed by atoms with Crippen LogP contribution in [0.25, 0.3) is 11.3 Å². The summed E-state index contributed by atoms with van der Waals surface area (Å²) in [5.74, 6) is -0.747. The Kier molecular flexibility index (Phi) is 5.38. The molecule has 0 unspecified atom stereocenters. The molecule has 132 valence electrons. The molecule has 25 heavy (non-hydrogen) atoms. The van der Waals surface area contributed by atoms with Crippen LogP contribution in [-0.2, 0) is 9.53 Å². The number of carbonyl (C=O) groups excluding carboxylic acids is 2. The Labute approximate surface area is 151 Å². The molecule has 2 heterocycles. The van der Waals surface area contributed by atoms with E-state index in [1.807, 2.05) is 19.1 Å². The van der Waals surface area contributed by atoms with Crippen LogP contribution in [0.2, 0.25) is 5.02 Å². The third kappa shape index (κ3) is 4.20. The predicted octanol–water partition coefficient (Wildman–Crippen LogP) is 3.29. The summed E-state index contributed by atoms with van der Waals surface area (Å²) < 4.78 is 5.14. The smallest absolute Gasteiger partial charge is 0.356 e. The van der Waals surface area contributed by atoms with Gasteiger partial charge in [0.2, 0.25) is 0 Å². The quantitative estimate of drug-likeness (QED) is 0.848. The highest BCUT2D eigenvalue weighted by Crippen LogP contribution is 2.20. The third-order valence-electron chi connectivity index (χ3n) is 4.39. The molecule has 2 aromatic rings. The van der Waals surface area contributed by atoms with Crippen LogP contribution in [0.15, 0.2) is 30.3 Å². The van der Waals surface area contributed by atoms with E-state index in [1.165, 1.54) is 0 Å². The van der Waals surface area contributed by atoms with Crippen LogP contribution in [0.4, 0.5) is 0 Å². The van der Waals surface area contributed by atoms with E-state index >= 15 is 0 Å². The van der Waals surface area contributed by atoms with E-state index in [-0.39, 0.29) is 24.2 Å². The van der Waals surface area contributed by atoms with E-state index in [4.69, 9.17) is 16.3 Å². The summed E-state index contributed by atoms with van der Waals surface area (Å²) in [5.41, 5.74) is 1.65. The standard InChI is InChI=1S/C18H20ClN3O3/c1-12-4-2-3-9-22(12)17(23)11-25-18(24)16-10-15(20-21-16)13-5-7-14(19)8-6-13/h5-8,10,12H,2-4,9,11H2,1H3,(H,20,21)/t12-/m1/s1. The maximum atomic E-state index is 12.2. The van der Waals surface area contributed by atoms with Crippen LogP contribution in [0.5, 0.6) is 0 Å². The molecule has 1 aromatic carbocycles. The van der Waals surface area contributed by atoms with Crippen molar-refractivity contribution in [1.82, 2.24) is 15.1 Å². The van der Waals surface area contributed by atoms with Gasteiger partial charge in [0.15, 0.2) is 6.61 Å². The largest absolute Gasteiger partial charge is 0.451 e. The lowest BCUT2D eigenvalue weighted by molar-refractivity contribution is -0.137. The summed E-state index contributed by atoms with van der Waals surface area (Å²) in [4.78, 5) is 26.1. The van der Waals surface area contributed by atoms with Gasteiger partial charge in [-0.3, -0.25) is 9.89 Å². The maximum Gasteiger partial charge on any atom is 0.356 e. The maximum absolute atomic E-state index is 12.2. The van der Waals surface area contributed by atoms with Gasteiger partial charge < -0.3 is 9.64 Å². The molecule has 1 atom stereocenters. The zero-order chi connectivity index (χ0) is 17.8. The number of aromatic amines is 1. The molecule has 1 aliphatic rings. The molecule has 0 bridgehead atoms. The molecule has 1 aliphatic heterocycles. The van der Waals surface area contributed by atoms with Crippen molar-refractivity contribution in [3.8, 4) is 11.3 Å². The van der Waals surface area contributed by atoms with Crippen molar-refractivity contribution in [3.63, 3.8) is 0 Å². The number of ether oxygens (including phenoxy) is 1. The molecule has 1 amide bonds. The highest BCUT2D eigenvalue weighted by molar-refractivity contribution is 6.30. The number of hydrogen-bond donors (Lipinski definition) is 1. The fourth-order valence-corrected chi connectivity index (χ4v) is 3.08. The van der Waals surface area contributed by atoms with Gasteiger partial charge in [-0.15, -0.1) is 0 Å². The Bertz CT molecular complexity index is 757. The SMILES string of the molecule is C[C@@H]1CCCCN1C(=O)COC(=O)c1cc(-c2ccc(Cl)cc2)n[nH]1. The number of nitrogens with one attached hydrogen (secondary N) is 1. The number of rotatable bonds is 4. The van der Waals surface area contributed by atoms with Crippen molar-refractivity contribution in [1.29, 1.82) is 0 Å². The van der Waals surface area contributed by atoms with E-state index in [0.717, 1.165) is 31.4 Å².